The van der Waals surface area contributed by atoms with Crippen molar-refractivity contribution >= 4 is 61.0 Å². The number of benzene rings is 2. The van der Waals surface area contributed by atoms with Crippen molar-refractivity contribution in [3.63, 3.8) is 0 Å². The number of nitrogens with zero attached hydrogens (tertiary/aromatic N) is 1. The zero-order valence-electron chi connectivity index (χ0n) is 25.1. The van der Waals surface area contributed by atoms with Crippen LogP contribution in [0.1, 0.15) is 66.8 Å². The largest absolute Gasteiger partial charge is 0.493 e. The van der Waals surface area contributed by atoms with Gasteiger partial charge in [-0.1, -0.05) is 0 Å². The van der Waals surface area contributed by atoms with E-state index in [1.54, 1.807) is 25.9 Å². The van der Waals surface area contributed by atoms with E-state index in [0.717, 1.165) is 25.7 Å². The summed E-state index contributed by atoms with van der Waals surface area (Å²) in [6, 6.07) is 9.44. The lowest BCUT2D eigenvalue weighted by atomic mass is 10.1. The number of amides is 1. The Hall–Kier alpha value is -3.64. The van der Waals surface area contributed by atoms with Crippen molar-refractivity contribution in [1.82, 2.24) is 4.90 Å². The number of ether oxygens (including phenoxy) is 5. The summed E-state index contributed by atoms with van der Waals surface area (Å²) < 4.78 is 29.1. The Labute approximate surface area is 268 Å². The normalized spacial score (nSPS) is 12.1. The summed E-state index contributed by atoms with van der Waals surface area (Å²) in [6.07, 6.45) is 0.952. The van der Waals surface area contributed by atoms with Crippen LogP contribution in [-0.4, -0.2) is 62.1 Å². The summed E-state index contributed by atoms with van der Waals surface area (Å²) >= 11 is 4.94. The molecular weight excluding hydrogens is 654 g/mol. The molecule has 0 unspecified atom stereocenters. The second-order valence-electron chi connectivity index (χ2n) is 10.0. The highest BCUT2D eigenvalue weighted by Gasteiger charge is 2.26. The molecule has 0 spiro atoms. The number of hydrogen-bond donors (Lipinski definition) is 0. The molecule has 2 aromatic carbocycles. The molecule has 1 amide bonds. The number of rotatable bonds is 16. The minimum atomic E-state index is -0.374. The van der Waals surface area contributed by atoms with Gasteiger partial charge >= 0.3 is 11.9 Å². The van der Waals surface area contributed by atoms with Crippen LogP contribution in [0.2, 0.25) is 0 Å². The number of Topliss-reactive ketones (excluding diaryl/α,β-unsaturated/α-hetero) is 1. The Kier molecular flexibility index (Phi) is 12.0. The molecule has 0 radical (unpaired) electrons. The van der Waals surface area contributed by atoms with E-state index in [-0.39, 0.29) is 49.3 Å². The SMILES string of the molecule is CCOC(=O)CCC(=O)c1cc2cc(OCCCOc3cc4c(cc3OC)CN(C(=O)CCC(=O)OCC)C4)c(Br)cc2s1. The molecule has 0 aliphatic carbocycles. The number of methoxy groups -OCH3 is 1. The van der Waals surface area contributed by atoms with Gasteiger partial charge < -0.3 is 28.6 Å². The third-order valence-corrected chi connectivity index (χ3v) is 8.68. The molecule has 0 atom stereocenters. The maximum Gasteiger partial charge on any atom is 0.306 e. The maximum absolute atomic E-state index is 12.6. The van der Waals surface area contributed by atoms with Crippen LogP contribution in [0, 0.1) is 0 Å². The van der Waals surface area contributed by atoms with Crippen LogP contribution in [0.15, 0.2) is 34.8 Å². The first-order valence-electron chi connectivity index (χ1n) is 14.5. The van der Waals surface area contributed by atoms with Crippen LogP contribution in [0.5, 0.6) is 17.2 Å². The highest BCUT2D eigenvalue weighted by molar-refractivity contribution is 9.10. The highest BCUT2D eigenvalue weighted by atomic mass is 79.9. The number of ketones is 1. The first-order valence-corrected chi connectivity index (χ1v) is 16.1. The van der Waals surface area contributed by atoms with E-state index in [1.165, 1.54) is 11.3 Å². The summed E-state index contributed by atoms with van der Waals surface area (Å²) in [6.45, 7) is 5.74. The zero-order valence-corrected chi connectivity index (χ0v) is 27.5. The zero-order chi connectivity index (χ0) is 31.6. The van der Waals surface area contributed by atoms with Gasteiger partial charge in [0.2, 0.25) is 5.91 Å². The van der Waals surface area contributed by atoms with Crippen molar-refractivity contribution in [2.45, 2.75) is 59.0 Å². The molecule has 0 saturated heterocycles. The molecule has 0 bridgehead atoms. The van der Waals surface area contributed by atoms with Crippen LogP contribution >= 0.6 is 27.3 Å². The molecule has 4 rings (SSSR count). The molecule has 0 saturated carbocycles. The second-order valence-corrected chi connectivity index (χ2v) is 12.0. The Morgan fingerprint density at radius 2 is 1.41 bits per heavy atom. The predicted octanol–water partition coefficient (Wildman–Crippen LogP) is 6.23. The maximum atomic E-state index is 12.6. The highest BCUT2D eigenvalue weighted by Crippen LogP contribution is 2.37. The topological polar surface area (TPSA) is 118 Å². The Balaban J connectivity index is 1.27. The minimum Gasteiger partial charge on any atom is -0.493 e. The minimum absolute atomic E-state index is 0.0645. The molecule has 1 aromatic heterocycles. The van der Waals surface area contributed by atoms with Crippen molar-refractivity contribution in [2.75, 3.05) is 33.5 Å². The fraction of sp³-hybridized carbons (Fsp3) is 0.438. The number of hydrogen-bond acceptors (Lipinski definition) is 10. The number of esters is 2. The fourth-order valence-corrected chi connectivity index (χ4v) is 6.40. The molecule has 12 heteroatoms. The van der Waals surface area contributed by atoms with Crippen LogP contribution in [-0.2, 0) is 36.9 Å². The van der Waals surface area contributed by atoms with Crippen LogP contribution in [0.3, 0.4) is 0 Å². The smallest absolute Gasteiger partial charge is 0.306 e. The fourth-order valence-electron chi connectivity index (χ4n) is 4.74. The van der Waals surface area contributed by atoms with E-state index in [9.17, 15) is 19.2 Å². The number of fused-ring (bicyclic) bond motifs is 2. The monoisotopic (exact) mass is 689 g/mol. The van der Waals surface area contributed by atoms with E-state index in [4.69, 9.17) is 23.7 Å². The molecule has 1 aliphatic heterocycles. The number of halogens is 1. The molecule has 236 valence electrons. The average molecular weight is 691 g/mol. The van der Waals surface area contributed by atoms with E-state index < -0.39 is 0 Å². The lowest BCUT2D eigenvalue weighted by molar-refractivity contribution is -0.145. The number of thiophene rings is 1. The number of carbonyl (C=O) groups excluding carboxylic acids is 4. The Morgan fingerprint density at radius 3 is 2.05 bits per heavy atom. The summed E-state index contributed by atoms with van der Waals surface area (Å²) in [5, 5.41) is 0.889. The average Bonchev–Trinajstić information content (AvgIpc) is 3.62. The standard InChI is InChI=1S/C32H36BrNO9S/c1-4-40-31(37)9-7-24(35)29-16-20-13-25(23(33)17-28(20)44-29)42-11-6-12-43-27-15-22-19-34(18-21(22)14-26(27)39-3)30(36)8-10-32(38)41-5-2/h13-17H,4-12,18-19H2,1-3H3. The van der Waals surface area contributed by atoms with Gasteiger partial charge in [-0.2, -0.15) is 0 Å². The molecule has 3 aromatic rings. The quantitative estimate of drug-likeness (QED) is 0.0980. The van der Waals surface area contributed by atoms with Gasteiger partial charge in [-0.05, 0) is 76.6 Å². The molecular formula is C32H36BrNO9S. The Morgan fingerprint density at radius 1 is 0.795 bits per heavy atom. The summed E-state index contributed by atoms with van der Waals surface area (Å²) in [4.78, 5) is 50.7. The predicted molar refractivity (Wildman–Crippen MR) is 168 cm³/mol. The second kappa shape index (κ2) is 15.9. The Bertz CT molecular complexity index is 1520. The van der Waals surface area contributed by atoms with Gasteiger partial charge in [-0.25, -0.2) is 0 Å². The van der Waals surface area contributed by atoms with Crippen LogP contribution < -0.4 is 14.2 Å². The third kappa shape index (κ3) is 8.72. The van der Waals surface area contributed by atoms with Gasteiger partial charge in [0.25, 0.3) is 0 Å². The number of carbonyl (C=O) groups is 4. The lowest BCUT2D eigenvalue weighted by Gasteiger charge is -2.14. The van der Waals surface area contributed by atoms with Gasteiger partial charge in [0.1, 0.15) is 5.75 Å². The van der Waals surface area contributed by atoms with Gasteiger partial charge in [0.05, 0.1) is 55.7 Å². The molecule has 0 N–H and O–H groups in total. The van der Waals surface area contributed by atoms with E-state index >= 15 is 0 Å². The van der Waals surface area contributed by atoms with Gasteiger partial charge in [0.15, 0.2) is 17.3 Å². The molecule has 2 heterocycles. The van der Waals surface area contributed by atoms with E-state index in [0.29, 0.717) is 68.1 Å². The van der Waals surface area contributed by atoms with Crippen molar-refractivity contribution in [1.29, 1.82) is 0 Å². The van der Waals surface area contributed by atoms with Crippen molar-refractivity contribution < 1.29 is 42.9 Å². The first kappa shape index (κ1) is 33.3. The van der Waals surface area contributed by atoms with E-state index in [1.807, 2.05) is 30.3 Å². The van der Waals surface area contributed by atoms with Gasteiger partial charge in [-0.15, -0.1) is 11.3 Å². The summed E-state index contributed by atoms with van der Waals surface area (Å²) in [5.74, 6) is 0.895. The molecule has 0 fully saturated rings. The van der Waals surface area contributed by atoms with Crippen LogP contribution in [0.4, 0.5) is 0 Å². The van der Waals surface area contributed by atoms with Gasteiger partial charge in [0, 0.05) is 37.1 Å². The van der Waals surface area contributed by atoms with Crippen molar-refractivity contribution in [3.8, 4) is 17.2 Å². The van der Waals surface area contributed by atoms with Crippen molar-refractivity contribution in [3.05, 3.63) is 50.8 Å². The summed E-state index contributed by atoms with van der Waals surface area (Å²) in [7, 11) is 1.58. The van der Waals surface area contributed by atoms with Gasteiger partial charge in [-0.3, -0.25) is 19.2 Å². The molecule has 10 nitrogen and oxygen atoms in total. The molecule has 1 aliphatic rings. The summed E-state index contributed by atoms with van der Waals surface area (Å²) in [5.41, 5.74) is 1.97. The first-order chi connectivity index (χ1) is 21.2. The third-order valence-electron chi connectivity index (χ3n) is 6.92. The van der Waals surface area contributed by atoms with Crippen molar-refractivity contribution in [2.24, 2.45) is 0 Å². The lowest BCUT2D eigenvalue weighted by Crippen LogP contribution is -2.25. The molecule has 44 heavy (non-hydrogen) atoms. The van der Waals surface area contributed by atoms with Crippen LogP contribution in [0.25, 0.3) is 10.1 Å². The van der Waals surface area contributed by atoms with E-state index in [2.05, 4.69) is 15.9 Å².